The van der Waals surface area contributed by atoms with Crippen molar-refractivity contribution in [3.05, 3.63) is 35.4 Å². The fourth-order valence-corrected chi connectivity index (χ4v) is 2.76. The topological polar surface area (TPSA) is 61.9 Å². The number of methoxy groups -OCH3 is 1. The zero-order valence-electron chi connectivity index (χ0n) is 14.6. The van der Waals surface area contributed by atoms with Gasteiger partial charge in [-0.1, -0.05) is 13.0 Å². The van der Waals surface area contributed by atoms with Crippen LogP contribution in [0.2, 0.25) is 0 Å². The number of hydrogen-bond donors (Lipinski definition) is 1. The fourth-order valence-electron chi connectivity index (χ4n) is 2.76. The molecule has 1 aromatic rings. The van der Waals surface area contributed by atoms with Crippen LogP contribution in [0.25, 0.3) is 0 Å². The van der Waals surface area contributed by atoms with E-state index in [0.717, 1.165) is 39.1 Å². The van der Waals surface area contributed by atoms with Gasteiger partial charge in [-0.25, -0.2) is 0 Å². The second-order valence-corrected chi connectivity index (χ2v) is 5.91. The van der Waals surface area contributed by atoms with Gasteiger partial charge in [-0.2, -0.15) is 0 Å². The number of likely N-dealkylation sites (N-methyl/N-ethyl adjacent to an activating group) is 1. The molecule has 0 saturated carbocycles. The Kier molecular flexibility index (Phi) is 7.21. The molecule has 0 aromatic heterocycles. The standard InChI is InChI=1S/C18H27N3O3/c1-3-20-9-11-21(12-10-20)18(23)16-7-4-6-15(14-16)17(22)19-8-5-13-24-2/h4,6-7,14H,3,5,8-13H2,1-2H3,(H,19,22). The lowest BCUT2D eigenvalue weighted by atomic mass is 10.1. The molecule has 1 fully saturated rings. The van der Waals surface area contributed by atoms with Gasteiger partial charge in [0.15, 0.2) is 0 Å². The molecule has 1 heterocycles. The van der Waals surface area contributed by atoms with Gasteiger partial charge in [0, 0.05) is 57.6 Å². The van der Waals surface area contributed by atoms with Crippen molar-refractivity contribution in [2.75, 3.05) is 53.0 Å². The number of ether oxygens (including phenoxy) is 1. The number of hydrogen-bond acceptors (Lipinski definition) is 4. The van der Waals surface area contributed by atoms with E-state index in [1.807, 2.05) is 4.90 Å². The first-order chi connectivity index (χ1) is 11.7. The van der Waals surface area contributed by atoms with Crippen molar-refractivity contribution < 1.29 is 14.3 Å². The molecule has 6 nitrogen and oxygen atoms in total. The third kappa shape index (κ3) is 5.04. The number of nitrogens with zero attached hydrogens (tertiary/aromatic N) is 2. The predicted octanol–water partition coefficient (Wildman–Crippen LogP) is 1.23. The van der Waals surface area contributed by atoms with Crippen LogP contribution in [0.5, 0.6) is 0 Å². The van der Waals surface area contributed by atoms with Crippen molar-refractivity contribution in [3.63, 3.8) is 0 Å². The third-order valence-electron chi connectivity index (χ3n) is 4.29. The molecular weight excluding hydrogens is 306 g/mol. The van der Waals surface area contributed by atoms with Gasteiger partial charge in [0.25, 0.3) is 11.8 Å². The molecule has 1 aromatic carbocycles. The number of nitrogens with one attached hydrogen (secondary N) is 1. The van der Waals surface area contributed by atoms with Crippen LogP contribution in [0.1, 0.15) is 34.1 Å². The normalized spacial score (nSPS) is 15.3. The summed E-state index contributed by atoms with van der Waals surface area (Å²) in [5.74, 6) is -0.156. The highest BCUT2D eigenvalue weighted by Gasteiger charge is 2.21. The van der Waals surface area contributed by atoms with Crippen LogP contribution >= 0.6 is 0 Å². The van der Waals surface area contributed by atoms with Crippen molar-refractivity contribution in [2.45, 2.75) is 13.3 Å². The van der Waals surface area contributed by atoms with Gasteiger partial charge < -0.3 is 19.9 Å². The smallest absolute Gasteiger partial charge is 0.253 e. The average Bonchev–Trinajstić information content (AvgIpc) is 2.64. The summed E-state index contributed by atoms with van der Waals surface area (Å²) in [6.45, 7) is 7.60. The van der Waals surface area contributed by atoms with Crippen LogP contribution in [0.3, 0.4) is 0 Å². The minimum atomic E-state index is -0.156. The summed E-state index contributed by atoms with van der Waals surface area (Å²) in [6, 6.07) is 6.95. The second-order valence-electron chi connectivity index (χ2n) is 5.91. The first-order valence-electron chi connectivity index (χ1n) is 8.54. The molecule has 2 amide bonds. The van der Waals surface area contributed by atoms with Crippen molar-refractivity contribution in [1.29, 1.82) is 0 Å². The molecule has 6 heteroatoms. The summed E-state index contributed by atoms with van der Waals surface area (Å²) < 4.78 is 4.96. The second kappa shape index (κ2) is 9.39. The average molecular weight is 333 g/mol. The van der Waals surface area contributed by atoms with Crippen molar-refractivity contribution in [2.24, 2.45) is 0 Å². The van der Waals surface area contributed by atoms with E-state index in [-0.39, 0.29) is 11.8 Å². The van der Waals surface area contributed by atoms with E-state index in [9.17, 15) is 9.59 Å². The predicted molar refractivity (Wildman–Crippen MR) is 93.3 cm³/mol. The van der Waals surface area contributed by atoms with Gasteiger partial charge in [-0.3, -0.25) is 9.59 Å². The Bertz CT molecular complexity index is 554. The van der Waals surface area contributed by atoms with Gasteiger partial charge in [0.1, 0.15) is 0 Å². The SMILES string of the molecule is CCN1CCN(C(=O)c2cccc(C(=O)NCCCOC)c2)CC1. The van der Waals surface area contributed by atoms with E-state index < -0.39 is 0 Å². The van der Waals surface area contributed by atoms with E-state index in [1.165, 1.54) is 0 Å². The van der Waals surface area contributed by atoms with E-state index in [0.29, 0.717) is 24.3 Å². The van der Waals surface area contributed by atoms with Crippen LogP contribution in [-0.4, -0.2) is 74.6 Å². The molecule has 1 aliphatic rings. The quantitative estimate of drug-likeness (QED) is 0.763. The summed E-state index contributed by atoms with van der Waals surface area (Å²) in [5.41, 5.74) is 1.09. The molecule has 1 N–H and O–H groups in total. The minimum Gasteiger partial charge on any atom is -0.385 e. The highest BCUT2D eigenvalue weighted by atomic mass is 16.5. The number of rotatable bonds is 7. The molecule has 24 heavy (non-hydrogen) atoms. The number of benzene rings is 1. The monoisotopic (exact) mass is 333 g/mol. The first-order valence-corrected chi connectivity index (χ1v) is 8.54. The summed E-state index contributed by atoms with van der Waals surface area (Å²) >= 11 is 0. The summed E-state index contributed by atoms with van der Waals surface area (Å²) in [7, 11) is 1.64. The van der Waals surface area contributed by atoms with Crippen molar-refractivity contribution in [3.8, 4) is 0 Å². The van der Waals surface area contributed by atoms with Gasteiger partial charge in [-0.05, 0) is 31.2 Å². The van der Waals surface area contributed by atoms with Gasteiger partial charge in [-0.15, -0.1) is 0 Å². The molecular formula is C18H27N3O3. The van der Waals surface area contributed by atoms with Crippen LogP contribution in [-0.2, 0) is 4.74 Å². The lowest BCUT2D eigenvalue weighted by Crippen LogP contribution is -2.48. The van der Waals surface area contributed by atoms with Crippen molar-refractivity contribution >= 4 is 11.8 Å². The Morgan fingerprint density at radius 1 is 1.17 bits per heavy atom. The minimum absolute atomic E-state index is 0.000198. The van der Waals surface area contributed by atoms with Gasteiger partial charge in [0.05, 0.1) is 0 Å². The van der Waals surface area contributed by atoms with Crippen LogP contribution in [0.15, 0.2) is 24.3 Å². The van der Waals surface area contributed by atoms with E-state index >= 15 is 0 Å². The van der Waals surface area contributed by atoms with Crippen LogP contribution in [0.4, 0.5) is 0 Å². The number of carbonyl (C=O) groups excluding carboxylic acids is 2. The maximum atomic E-state index is 12.6. The summed E-state index contributed by atoms with van der Waals surface area (Å²) in [6.07, 6.45) is 0.766. The molecule has 0 bridgehead atoms. The van der Waals surface area contributed by atoms with Crippen LogP contribution in [0, 0.1) is 0 Å². The van der Waals surface area contributed by atoms with Crippen molar-refractivity contribution in [1.82, 2.24) is 15.1 Å². The Morgan fingerprint density at radius 2 is 1.88 bits per heavy atom. The Balaban J connectivity index is 1.94. The number of carbonyl (C=O) groups is 2. The zero-order chi connectivity index (χ0) is 17.4. The highest BCUT2D eigenvalue weighted by Crippen LogP contribution is 2.11. The molecule has 0 atom stereocenters. The lowest BCUT2D eigenvalue weighted by Gasteiger charge is -2.34. The molecule has 0 spiro atoms. The molecule has 1 aliphatic heterocycles. The number of amides is 2. The maximum Gasteiger partial charge on any atom is 0.253 e. The zero-order valence-corrected chi connectivity index (χ0v) is 14.6. The molecule has 132 valence electrons. The van der Waals surface area contributed by atoms with E-state index in [4.69, 9.17) is 4.74 Å². The fraction of sp³-hybridized carbons (Fsp3) is 0.556. The van der Waals surface area contributed by atoms with Crippen LogP contribution < -0.4 is 5.32 Å². The molecule has 1 saturated heterocycles. The molecule has 2 rings (SSSR count). The molecule has 0 aliphatic carbocycles. The molecule has 0 unspecified atom stereocenters. The number of piperazine rings is 1. The Morgan fingerprint density at radius 3 is 2.54 bits per heavy atom. The Labute approximate surface area is 143 Å². The lowest BCUT2D eigenvalue weighted by molar-refractivity contribution is 0.0643. The van der Waals surface area contributed by atoms with E-state index in [2.05, 4.69) is 17.1 Å². The van der Waals surface area contributed by atoms with E-state index in [1.54, 1.807) is 31.4 Å². The van der Waals surface area contributed by atoms with Gasteiger partial charge >= 0.3 is 0 Å². The molecule has 0 radical (unpaired) electrons. The summed E-state index contributed by atoms with van der Waals surface area (Å²) in [5, 5.41) is 2.84. The summed E-state index contributed by atoms with van der Waals surface area (Å²) in [4.78, 5) is 29.0. The maximum absolute atomic E-state index is 12.6. The third-order valence-corrected chi connectivity index (χ3v) is 4.29. The Hall–Kier alpha value is -1.92. The highest BCUT2D eigenvalue weighted by molar-refractivity contribution is 5.99. The first kappa shape index (κ1) is 18.4. The largest absolute Gasteiger partial charge is 0.385 e. The van der Waals surface area contributed by atoms with Gasteiger partial charge in [0.2, 0.25) is 0 Å².